The number of amides is 2. The van der Waals surface area contributed by atoms with Crippen LogP contribution >= 0.6 is 0 Å². The zero-order valence-electron chi connectivity index (χ0n) is 14.1. The molecule has 5 heteroatoms. The van der Waals surface area contributed by atoms with Gasteiger partial charge in [-0.15, -0.1) is 0 Å². The van der Waals surface area contributed by atoms with Crippen LogP contribution in [0.1, 0.15) is 25.0 Å². The summed E-state index contributed by atoms with van der Waals surface area (Å²) in [4.78, 5) is 12.2. The van der Waals surface area contributed by atoms with Gasteiger partial charge >= 0.3 is 6.03 Å². The summed E-state index contributed by atoms with van der Waals surface area (Å²) in [6.07, 6.45) is 1.08. The molecule has 0 fully saturated rings. The zero-order chi connectivity index (χ0) is 16.9. The molecule has 1 aliphatic rings. The predicted octanol–water partition coefficient (Wildman–Crippen LogP) is 3.76. The molecule has 0 saturated heterocycles. The van der Waals surface area contributed by atoms with Gasteiger partial charge in [-0.05, 0) is 62.2 Å². The van der Waals surface area contributed by atoms with Crippen molar-refractivity contribution in [2.75, 3.05) is 17.2 Å². The van der Waals surface area contributed by atoms with Crippen LogP contribution in [-0.4, -0.2) is 18.7 Å². The van der Waals surface area contributed by atoms with Crippen molar-refractivity contribution in [2.45, 2.75) is 32.9 Å². The first-order valence-electron chi connectivity index (χ1n) is 8.27. The summed E-state index contributed by atoms with van der Waals surface area (Å²) in [5.41, 5.74) is 4.10. The van der Waals surface area contributed by atoms with Crippen LogP contribution in [0.4, 0.5) is 16.2 Å². The lowest BCUT2D eigenvalue weighted by molar-refractivity contribution is 0.242. The standard InChI is InChI=1S/C19H23N3O2/c1-13(2)24-18-5-3-4-16(11-18)21-19(23)22-17-7-6-15-12-20-9-8-14(15)10-17/h3-7,10-11,13,20H,8-9,12H2,1-2H3,(H2,21,22,23). The molecule has 2 aromatic rings. The van der Waals surface area contributed by atoms with Gasteiger partial charge in [0.25, 0.3) is 0 Å². The fourth-order valence-corrected chi connectivity index (χ4v) is 2.77. The van der Waals surface area contributed by atoms with Crippen LogP contribution in [0.3, 0.4) is 0 Å². The molecule has 0 radical (unpaired) electrons. The number of hydrogen-bond donors (Lipinski definition) is 3. The van der Waals surface area contributed by atoms with E-state index in [-0.39, 0.29) is 12.1 Å². The summed E-state index contributed by atoms with van der Waals surface area (Å²) in [7, 11) is 0. The van der Waals surface area contributed by atoms with E-state index in [0.29, 0.717) is 5.69 Å². The number of hydrogen-bond acceptors (Lipinski definition) is 3. The van der Waals surface area contributed by atoms with E-state index in [2.05, 4.69) is 22.0 Å². The number of carbonyl (C=O) groups is 1. The second-order valence-electron chi connectivity index (χ2n) is 6.18. The first kappa shape index (κ1) is 16.3. The third-order valence-electron chi connectivity index (χ3n) is 3.81. The van der Waals surface area contributed by atoms with Gasteiger partial charge in [-0.25, -0.2) is 4.79 Å². The number of benzene rings is 2. The fourth-order valence-electron chi connectivity index (χ4n) is 2.77. The third-order valence-corrected chi connectivity index (χ3v) is 3.81. The van der Waals surface area contributed by atoms with Crippen molar-refractivity contribution in [1.29, 1.82) is 0 Å². The Hall–Kier alpha value is -2.53. The highest BCUT2D eigenvalue weighted by atomic mass is 16.5. The minimum atomic E-state index is -0.259. The van der Waals surface area contributed by atoms with E-state index >= 15 is 0 Å². The normalized spacial score (nSPS) is 13.3. The smallest absolute Gasteiger partial charge is 0.323 e. The van der Waals surface area contributed by atoms with Crippen LogP contribution in [0, 0.1) is 0 Å². The molecule has 0 saturated carbocycles. The van der Waals surface area contributed by atoms with Crippen LogP contribution in [-0.2, 0) is 13.0 Å². The molecule has 1 heterocycles. The van der Waals surface area contributed by atoms with Gasteiger partial charge in [0, 0.05) is 24.0 Å². The van der Waals surface area contributed by atoms with Crippen molar-refractivity contribution in [1.82, 2.24) is 5.32 Å². The molecule has 126 valence electrons. The van der Waals surface area contributed by atoms with Crippen molar-refractivity contribution >= 4 is 17.4 Å². The predicted molar refractivity (Wildman–Crippen MR) is 96.7 cm³/mol. The summed E-state index contributed by atoms with van der Waals surface area (Å²) in [6, 6.07) is 13.2. The van der Waals surface area contributed by atoms with E-state index in [1.807, 2.05) is 50.2 Å². The van der Waals surface area contributed by atoms with Crippen molar-refractivity contribution in [3.63, 3.8) is 0 Å². The highest BCUT2D eigenvalue weighted by molar-refractivity contribution is 5.99. The van der Waals surface area contributed by atoms with E-state index in [9.17, 15) is 4.79 Å². The Kier molecular flexibility index (Phi) is 5.01. The monoisotopic (exact) mass is 325 g/mol. The van der Waals surface area contributed by atoms with Crippen molar-refractivity contribution < 1.29 is 9.53 Å². The number of rotatable bonds is 4. The highest BCUT2D eigenvalue weighted by Gasteiger charge is 2.10. The maximum Gasteiger partial charge on any atom is 0.323 e. The number of ether oxygens (including phenoxy) is 1. The summed E-state index contributed by atoms with van der Waals surface area (Å²) in [5.74, 6) is 0.740. The molecule has 0 spiro atoms. The van der Waals surface area contributed by atoms with Crippen molar-refractivity contribution in [3.8, 4) is 5.75 Å². The molecular formula is C19H23N3O2. The van der Waals surface area contributed by atoms with Gasteiger partial charge in [0.15, 0.2) is 0 Å². The largest absolute Gasteiger partial charge is 0.491 e. The first-order chi connectivity index (χ1) is 11.6. The molecule has 3 rings (SSSR count). The molecule has 0 aliphatic carbocycles. The second kappa shape index (κ2) is 7.36. The Bertz CT molecular complexity index is 728. The molecule has 5 nitrogen and oxygen atoms in total. The molecule has 3 N–H and O–H groups in total. The van der Waals surface area contributed by atoms with Crippen molar-refractivity contribution in [3.05, 3.63) is 53.6 Å². The summed E-state index contributed by atoms with van der Waals surface area (Å²) in [5, 5.41) is 9.07. The number of fused-ring (bicyclic) bond motifs is 1. The maximum atomic E-state index is 12.2. The topological polar surface area (TPSA) is 62.4 Å². The van der Waals surface area contributed by atoms with E-state index in [1.54, 1.807) is 0 Å². The van der Waals surface area contributed by atoms with Crippen LogP contribution in [0.5, 0.6) is 5.75 Å². The third kappa shape index (κ3) is 4.26. The van der Waals surface area contributed by atoms with E-state index in [4.69, 9.17) is 4.74 Å². The lowest BCUT2D eigenvalue weighted by atomic mass is 10.0. The highest BCUT2D eigenvalue weighted by Crippen LogP contribution is 2.21. The molecule has 0 aromatic heterocycles. The lowest BCUT2D eigenvalue weighted by Crippen LogP contribution is -2.24. The quantitative estimate of drug-likeness (QED) is 0.802. The van der Waals surface area contributed by atoms with Crippen LogP contribution in [0.25, 0.3) is 0 Å². The SMILES string of the molecule is CC(C)Oc1cccc(NC(=O)Nc2ccc3c(c2)CCNC3)c1. The zero-order valence-corrected chi connectivity index (χ0v) is 14.1. The van der Waals surface area contributed by atoms with Gasteiger partial charge in [0.2, 0.25) is 0 Å². The Morgan fingerprint density at radius 1 is 1.08 bits per heavy atom. The van der Waals surface area contributed by atoms with Gasteiger partial charge in [-0.1, -0.05) is 12.1 Å². The fraction of sp³-hybridized carbons (Fsp3) is 0.316. The average molecular weight is 325 g/mol. The average Bonchev–Trinajstić information content (AvgIpc) is 2.54. The number of urea groups is 1. The van der Waals surface area contributed by atoms with Gasteiger partial charge in [0.1, 0.15) is 5.75 Å². The summed E-state index contributed by atoms with van der Waals surface area (Å²) < 4.78 is 5.64. The van der Waals surface area contributed by atoms with Crippen molar-refractivity contribution in [2.24, 2.45) is 0 Å². The van der Waals surface area contributed by atoms with Gasteiger partial charge < -0.3 is 20.7 Å². The van der Waals surface area contributed by atoms with E-state index in [0.717, 1.165) is 30.9 Å². The Balaban J connectivity index is 1.63. The van der Waals surface area contributed by atoms with Gasteiger partial charge in [0.05, 0.1) is 6.10 Å². The van der Waals surface area contributed by atoms with Crippen LogP contribution in [0.2, 0.25) is 0 Å². The first-order valence-corrected chi connectivity index (χ1v) is 8.27. The second-order valence-corrected chi connectivity index (χ2v) is 6.18. The molecule has 1 aliphatic heterocycles. The Morgan fingerprint density at radius 3 is 2.67 bits per heavy atom. The number of nitrogens with one attached hydrogen (secondary N) is 3. The van der Waals surface area contributed by atoms with Gasteiger partial charge in [-0.3, -0.25) is 0 Å². The van der Waals surface area contributed by atoms with E-state index in [1.165, 1.54) is 11.1 Å². The molecule has 0 bridgehead atoms. The molecule has 24 heavy (non-hydrogen) atoms. The van der Waals surface area contributed by atoms with Crippen LogP contribution in [0.15, 0.2) is 42.5 Å². The Labute approximate surface area is 142 Å². The number of carbonyl (C=O) groups excluding carboxylic acids is 1. The molecule has 2 amide bonds. The molecule has 2 aromatic carbocycles. The molecule has 0 atom stereocenters. The minimum Gasteiger partial charge on any atom is -0.491 e. The number of anilines is 2. The molecular weight excluding hydrogens is 302 g/mol. The summed E-state index contributed by atoms with van der Waals surface area (Å²) >= 11 is 0. The van der Waals surface area contributed by atoms with E-state index < -0.39 is 0 Å². The van der Waals surface area contributed by atoms with Gasteiger partial charge in [-0.2, -0.15) is 0 Å². The lowest BCUT2D eigenvalue weighted by Gasteiger charge is -2.18. The molecule has 0 unspecified atom stereocenters. The van der Waals surface area contributed by atoms with Crippen LogP contribution < -0.4 is 20.7 Å². The summed E-state index contributed by atoms with van der Waals surface area (Å²) in [6.45, 7) is 5.81. The maximum absolute atomic E-state index is 12.2. The minimum absolute atomic E-state index is 0.0964. The Morgan fingerprint density at radius 2 is 1.88 bits per heavy atom.